The molecule has 39 heavy (non-hydrogen) atoms. The van der Waals surface area contributed by atoms with Gasteiger partial charge in [-0.05, 0) is 48.8 Å². The summed E-state index contributed by atoms with van der Waals surface area (Å²) in [5.74, 6) is -2.36. The Morgan fingerprint density at radius 2 is 1.85 bits per heavy atom. The van der Waals surface area contributed by atoms with Gasteiger partial charge in [0.2, 0.25) is 5.91 Å². The van der Waals surface area contributed by atoms with E-state index in [9.17, 15) is 19.2 Å². The number of nitrogen functional groups attached to an aromatic ring is 1. The number of nitrogens with one attached hydrogen (secondary N) is 2. The molecule has 2 heterocycles. The highest BCUT2D eigenvalue weighted by Gasteiger charge is 2.37. The zero-order valence-corrected chi connectivity index (χ0v) is 21.9. The van der Waals surface area contributed by atoms with E-state index < -0.39 is 36.3 Å². The first-order valence-electron chi connectivity index (χ1n) is 11.8. The number of carbonyl (C=O) groups excluding carboxylic acids is 4. The van der Waals surface area contributed by atoms with Crippen LogP contribution in [0.5, 0.6) is 5.75 Å². The summed E-state index contributed by atoms with van der Waals surface area (Å²) in [5, 5.41) is 3.25. The van der Waals surface area contributed by atoms with Gasteiger partial charge in [0.1, 0.15) is 23.2 Å². The van der Waals surface area contributed by atoms with E-state index in [0.29, 0.717) is 33.9 Å². The lowest BCUT2D eigenvalue weighted by Gasteiger charge is -2.31. The standard InChI is InChI=1S/C26H26N6O6S/c1-3-38-19(33)13-30-25(35)22(17-12-29-18-7-5-4-6-16(17)18)32(14-8-10-15(37-2)11-9-14)26(36)23-20(27)21(24(28)34)31-39-23/h4-12,22,29H,3,13,27H2,1-2H3,(H2,28,34)(H,30,35). The number of H-pyrrole nitrogens is 1. The lowest BCUT2D eigenvalue weighted by Crippen LogP contribution is -2.45. The Labute approximate surface area is 227 Å². The molecule has 0 spiro atoms. The van der Waals surface area contributed by atoms with Crippen LogP contribution in [0.2, 0.25) is 0 Å². The van der Waals surface area contributed by atoms with Crippen molar-refractivity contribution in [1.82, 2.24) is 14.7 Å². The highest BCUT2D eigenvalue weighted by atomic mass is 32.1. The van der Waals surface area contributed by atoms with Crippen LogP contribution in [0.4, 0.5) is 11.4 Å². The molecule has 13 heteroatoms. The number of carbonyl (C=O) groups is 4. The maximum atomic E-state index is 14.1. The highest BCUT2D eigenvalue weighted by molar-refractivity contribution is 7.09. The van der Waals surface area contributed by atoms with Crippen LogP contribution in [0, 0.1) is 0 Å². The van der Waals surface area contributed by atoms with Crippen LogP contribution in [0.15, 0.2) is 54.7 Å². The van der Waals surface area contributed by atoms with Gasteiger partial charge in [-0.1, -0.05) is 18.2 Å². The number of nitrogens with zero attached hydrogens (tertiary/aromatic N) is 2. The molecule has 6 N–H and O–H groups in total. The summed E-state index contributed by atoms with van der Waals surface area (Å²) in [6, 6.07) is 12.4. The average Bonchev–Trinajstić information content (AvgIpc) is 3.54. The number of benzene rings is 2. The van der Waals surface area contributed by atoms with E-state index in [2.05, 4.69) is 14.7 Å². The van der Waals surface area contributed by atoms with Gasteiger partial charge in [-0.2, -0.15) is 4.37 Å². The minimum Gasteiger partial charge on any atom is -0.497 e. The molecule has 0 fully saturated rings. The molecule has 2 aromatic carbocycles. The van der Waals surface area contributed by atoms with Crippen molar-refractivity contribution in [2.24, 2.45) is 5.73 Å². The Morgan fingerprint density at radius 1 is 1.13 bits per heavy atom. The van der Waals surface area contributed by atoms with E-state index in [1.165, 1.54) is 12.0 Å². The van der Waals surface area contributed by atoms with Gasteiger partial charge in [0.25, 0.3) is 11.8 Å². The number of hydrogen-bond acceptors (Lipinski definition) is 9. The van der Waals surface area contributed by atoms with Crippen molar-refractivity contribution in [2.75, 3.05) is 30.9 Å². The summed E-state index contributed by atoms with van der Waals surface area (Å²) >= 11 is 0.693. The predicted octanol–water partition coefficient (Wildman–Crippen LogP) is 2.38. The van der Waals surface area contributed by atoms with Crippen LogP contribution in [0.25, 0.3) is 10.9 Å². The van der Waals surface area contributed by atoms with Gasteiger partial charge in [-0.3, -0.25) is 24.1 Å². The minimum atomic E-state index is -1.28. The molecule has 12 nitrogen and oxygen atoms in total. The number of esters is 1. The number of para-hydroxylation sites is 1. The topological polar surface area (TPSA) is 183 Å². The maximum Gasteiger partial charge on any atom is 0.325 e. The first-order chi connectivity index (χ1) is 18.8. The van der Waals surface area contributed by atoms with Crippen molar-refractivity contribution in [1.29, 1.82) is 0 Å². The normalized spacial score (nSPS) is 11.5. The van der Waals surface area contributed by atoms with E-state index in [1.54, 1.807) is 49.5 Å². The lowest BCUT2D eigenvalue weighted by atomic mass is 10.0. The monoisotopic (exact) mass is 550 g/mol. The van der Waals surface area contributed by atoms with Crippen LogP contribution in [0.1, 0.15) is 38.7 Å². The van der Waals surface area contributed by atoms with Gasteiger partial charge < -0.3 is 31.2 Å². The zero-order chi connectivity index (χ0) is 28.1. The van der Waals surface area contributed by atoms with E-state index in [4.69, 9.17) is 20.9 Å². The molecule has 202 valence electrons. The summed E-state index contributed by atoms with van der Waals surface area (Å²) in [6.45, 7) is 1.38. The highest BCUT2D eigenvalue weighted by Crippen LogP contribution is 2.36. The molecular weight excluding hydrogens is 524 g/mol. The molecule has 4 rings (SSSR count). The number of primary amides is 1. The van der Waals surface area contributed by atoms with Crippen molar-refractivity contribution < 1.29 is 28.7 Å². The van der Waals surface area contributed by atoms with Gasteiger partial charge in [0.05, 0.1) is 19.4 Å². The van der Waals surface area contributed by atoms with Gasteiger partial charge in [-0.25, -0.2) is 0 Å². The van der Waals surface area contributed by atoms with Crippen LogP contribution >= 0.6 is 11.5 Å². The second-order valence-electron chi connectivity index (χ2n) is 8.23. The second kappa shape index (κ2) is 11.6. The van der Waals surface area contributed by atoms with Crippen molar-refractivity contribution in [3.8, 4) is 5.75 Å². The van der Waals surface area contributed by atoms with Crippen molar-refractivity contribution >= 4 is 57.5 Å². The summed E-state index contributed by atoms with van der Waals surface area (Å²) in [7, 11) is 1.50. The fraction of sp³-hybridized carbons (Fsp3) is 0.192. The molecule has 4 aromatic rings. The summed E-state index contributed by atoms with van der Waals surface area (Å²) in [5.41, 5.74) is 12.5. The van der Waals surface area contributed by atoms with Gasteiger partial charge in [0.15, 0.2) is 5.69 Å². The molecule has 0 aliphatic rings. The number of rotatable bonds is 10. The third-order valence-corrected chi connectivity index (χ3v) is 6.71. The Kier molecular flexibility index (Phi) is 8.10. The fourth-order valence-corrected chi connectivity index (χ4v) is 4.79. The van der Waals surface area contributed by atoms with Crippen molar-refractivity contribution in [2.45, 2.75) is 13.0 Å². The maximum absolute atomic E-state index is 14.1. The van der Waals surface area contributed by atoms with E-state index in [-0.39, 0.29) is 22.9 Å². The molecule has 1 unspecified atom stereocenters. The van der Waals surface area contributed by atoms with Crippen LogP contribution < -0.4 is 26.4 Å². The zero-order valence-electron chi connectivity index (χ0n) is 21.1. The Bertz CT molecular complexity index is 1530. The number of hydrogen-bond donors (Lipinski definition) is 4. The number of nitrogens with two attached hydrogens (primary N) is 2. The van der Waals surface area contributed by atoms with Gasteiger partial charge in [0, 0.05) is 28.4 Å². The number of anilines is 2. The Morgan fingerprint density at radius 3 is 2.49 bits per heavy atom. The first kappa shape index (κ1) is 27.1. The van der Waals surface area contributed by atoms with Crippen LogP contribution in [-0.4, -0.2) is 53.3 Å². The predicted molar refractivity (Wildman–Crippen MR) is 146 cm³/mol. The van der Waals surface area contributed by atoms with Crippen LogP contribution in [0.3, 0.4) is 0 Å². The van der Waals surface area contributed by atoms with E-state index >= 15 is 0 Å². The molecule has 0 saturated carbocycles. The molecule has 0 radical (unpaired) electrons. The van der Waals surface area contributed by atoms with Crippen molar-refractivity contribution in [3.05, 3.63) is 70.9 Å². The Hall–Kier alpha value is -4.91. The summed E-state index contributed by atoms with van der Waals surface area (Å²) in [6.07, 6.45) is 1.62. The fourth-order valence-electron chi connectivity index (χ4n) is 4.05. The summed E-state index contributed by atoms with van der Waals surface area (Å²) in [4.78, 5) is 56.0. The first-order valence-corrected chi connectivity index (χ1v) is 12.6. The number of fused-ring (bicyclic) bond motifs is 1. The van der Waals surface area contributed by atoms with E-state index in [1.807, 2.05) is 12.1 Å². The number of methoxy groups -OCH3 is 1. The van der Waals surface area contributed by atoms with Crippen LogP contribution in [-0.2, 0) is 14.3 Å². The molecule has 0 saturated heterocycles. The molecule has 1 atom stereocenters. The molecule has 3 amide bonds. The lowest BCUT2D eigenvalue weighted by molar-refractivity contribution is -0.143. The SMILES string of the molecule is CCOC(=O)CNC(=O)C(c1c[nH]c2ccccc12)N(C(=O)c1snc(C(N)=O)c1N)c1ccc(OC)cc1. The summed E-state index contributed by atoms with van der Waals surface area (Å²) < 4.78 is 14.1. The largest absolute Gasteiger partial charge is 0.497 e. The van der Waals surface area contributed by atoms with E-state index in [0.717, 1.165) is 5.52 Å². The number of aromatic nitrogens is 2. The third kappa shape index (κ3) is 5.52. The van der Waals surface area contributed by atoms with Gasteiger partial charge in [-0.15, -0.1) is 0 Å². The number of ether oxygens (including phenoxy) is 2. The molecule has 0 bridgehead atoms. The molecule has 0 aliphatic heterocycles. The average molecular weight is 551 g/mol. The smallest absolute Gasteiger partial charge is 0.325 e. The Balaban J connectivity index is 1.89. The number of aromatic amines is 1. The third-order valence-electron chi connectivity index (χ3n) is 5.86. The second-order valence-corrected chi connectivity index (χ2v) is 9.00. The molecule has 0 aliphatic carbocycles. The minimum absolute atomic E-state index is 0.0809. The molecule has 2 aromatic heterocycles. The van der Waals surface area contributed by atoms with Crippen molar-refractivity contribution in [3.63, 3.8) is 0 Å². The van der Waals surface area contributed by atoms with Gasteiger partial charge >= 0.3 is 5.97 Å². The molecular formula is C26H26N6O6S. The quantitative estimate of drug-likeness (QED) is 0.217. The number of amides is 3.